The molecule has 0 unspecified atom stereocenters. The van der Waals surface area contributed by atoms with E-state index in [0.717, 1.165) is 16.9 Å². The van der Waals surface area contributed by atoms with Crippen LogP contribution in [0.1, 0.15) is 10.4 Å². The Morgan fingerprint density at radius 1 is 1.20 bits per heavy atom. The van der Waals surface area contributed by atoms with E-state index < -0.39 is 0 Å². The molecule has 0 fully saturated rings. The number of carbonyl (C=O) groups is 1. The molecule has 2 heterocycles. The zero-order valence-electron chi connectivity index (χ0n) is 11.4. The molecule has 0 aliphatic carbocycles. The molecule has 1 N–H and O–H groups in total. The summed E-state index contributed by atoms with van der Waals surface area (Å²) >= 11 is 0. The minimum atomic E-state index is -0.0782. The summed E-state index contributed by atoms with van der Waals surface area (Å²) in [5.74, 6) is -0.0782. The molecule has 4 nitrogen and oxygen atoms in total. The summed E-state index contributed by atoms with van der Waals surface area (Å²) in [5, 5.41) is 2.62. The number of pyridine rings is 1. The highest BCUT2D eigenvalue weighted by molar-refractivity contribution is 6.32. The van der Waals surface area contributed by atoms with E-state index in [1.807, 2.05) is 42.6 Å². The van der Waals surface area contributed by atoms with Crippen molar-refractivity contribution in [1.82, 2.24) is 14.7 Å². The van der Waals surface area contributed by atoms with Crippen LogP contribution in [0.3, 0.4) is 0 Å². The van der Waals surface area contributed by atoms with Gasteiger partial charge in [-0.25, -0.2) is 4.98 Å². The minimum absolute atomic E-state index is 0.0782. The standard InChI is InChI=1S/C15H14BN3O/c1-17-15(20)11-4-2-10(3-5-11)13-8-18-14-7-6-12(16)9-19(13)14/h2-9H,16H2,1H3,(H,17,20). The van der Waals surface area contributed by atoms with Crippen LogP contribution in [0, 0.1) is 0 Å². The fraction of sp³-hybridized carbons (Fsp3) is 0.0667. The predicted octanol–water partition coefficient (Wildman–Crippen LogP) is 0.619. The molecule has 0 aliphatic rings. The topological polar surface area (TPSA) is 46.4 Å². The van der Waals surface area contributed by atoms with Gasteiger partial charge in [0.1, 0.15) is 13.5 Å². The lowest BCUT2D eigenvalue weighted by atomic mass is 9.99. The molecule has 98 valence electrons. The summed E-state index contributed by atoms with van der Waals surface area (Å²) in [4.78, 5) is 15.9. The molecule has 5 heteroatoms. The fourth-order valence-corrected chi connectivity index (χ4v) is 2.24. The number of amides is 1. The third-order valence-electron chi connectivity index (χ3n) is 3.32. The Balaban J connectivity index is 2.07. The van der Waals surface area contributed by atoms with Crippen LogP contribution in [0.25, 0.3) is 16.9 Å². The van der Waals surface area contributed by atoms with Gasteiger partial charge in [0.05, 0.1) is 11.9 Å². The van der Waals surface area contributed by atoms with E-state index in [4.69, 9.17) is 0 Å². The second kappa shape index (κ2) is 4.85. The maximum atomic E-state index is 11.5. The Morgan fingerprint density at radius 3 is 2.65 bits per heavy atom. The molecule has 1 amide bonds. The Kier molecular flexibility index (Phi) is 3.02. The zero-order valence-corrected chi connectivity index (χ0v) is 11.4. The van der Waals surface area contributed by atoms with Crippen LogP contribution in [0.2, 0.25) is 0 Å². The van der Waals surface area contributed by atoms with Crippen LogP contribution in [0.4, 0.5) is 0 Å². The molecular weight excluding hydrogens is 249 g/mol. The predicted molar refractivity (Wildman–Crippen MR) is 82.2 cm³/mol. The maximum Gasteiger partial charge on any atom is 0.251 e. The monoisotopic (exact) mass is 263 g/mol. The van der Waals surface area contributed by atoms with Gasteiger partial charge in [0.2, 0.25) is 0 Å². The number of benzene rings is 1. The average molecular weight is 263 g/mol. The number of fused-ring (bicyclic) bond motifs is 1. The first-order valence-electron chi connectivity index (χ1n) is 6.45. The molecule has 0 saturated heterocycles. The minimum Gasteiger partial charge on any atom is -0.355 e. The largest absolute Gasteiger partial charge is 0.355 e. The van der Waals surface area contributed by atoms with Gasteiger partial charge in [-0.2, -0.15) is 0 Å². The van der Waals surface area contributed by atoms with Gasteiger partial charge in [0.25, 0.3) is 5.91 Å². The number of hydrogen-bond acceptors (Lipinski definition) is 2. The number of rotatable bonds is 2. The van der Waals surface area contributed by atoms with E-state index in [-0.39, 0.29) is 5.91 Å². The molecule has 1 aromatic carbocycles. The van der Waals surface area contributed by atoms with Gasteiger partial charge in [-0.05, 0) is 18.2 Å². The van der Waals surface area contributed by atoms with Gasteiger partial charge in [-0.3, -0.25) is 4.79 Å². The van der Waals surface area contributed by atoms with Crippen molar-refractivity contribution in [1.29, 1.82) is 0 Å². The van der Waals surface area contributed by atoms with Gasteiger partial charge >= 0.3 is 0 Å². The Hall–Kier alpha value is -2.56. The molecule has 0 aliphatic heterocycles. The molecular formula is C15H14BN3O. The van der Waals surface area contributed by atoms with Crippen molar-refractivity contribution in [2.75, 3.05) is 7.05 Å². The van der Waals surface area contributed by atoms with Gasteiger partial charge in [0.15, 0.2) is 0 Å². The van der Waals surface area contributed by atoms with Crippen molar-refractivity contribution in [3.8, 4) is 11.3 Å². The third kappa shape index (κ3) is 2.07. The summed E-state index contributed by atoms with van der Waals surface area (Å²) in [5.41, 5.74) is 4.81. The molecule has 0 radical (unpaired) electrons. The second-order valence-electron chi connectivity index (χ2n) is 4.73. The highest BCUT2D eigenvalue weighted by Crippen LogP contribution is 2.20. The molecule has 3 aromatic rings. The van der Waals surface area contributed by atoms with Gasteiger partial charge < -0.3 is 9.72 Å². The molecule has 2 aromatic heterocycles. The van der Waals surface area contributed by atoms with Crippen LogP contribution in [-0.4, -0.2) is 30.2 Å². The highest BCUT2D eigenvalue weighted by Gasteiger charge is 2.07. The third-order valence-corrected chi connectivity index (χ3v) is 3.32. The van der Waals surface area contributed by atoms with Gasteiger partial charge in [0, 0.05) is 24.4 Å². The molecule has 0 bridgehead atoms. The van der Waals surface area contributed by atoms with Crippen molar-refractivity contribution >= 4 is 24.9 Å². The van der Waals surface area contributed by atoms with Crippen LogP contribution < -0.4 is 10.8 Å². The van der Waals surface area contributed by atoms with Crippen molar-refractivity contribution in [2.45, 2.75) is 0 Å². The molecule has 0 atom stereocenters. The van der Waals surface area contributed by atoms with Crippen LogP contribution in [0.5, 0.6) is 0 Å². The Labute approximate surface area is 117 Å². The lowest BCUT2D eigenvalue weighted by molar-refractivity contribution is 0.0963. The van der Waals surface area contributed by atoms with Crippen molar-refractivity contribution in [3.05, 3.63) is 54.4 Å². The van der Waals surface area contributed by atoms with Crippen LogP contribution >= 0.6 is 0 Å². The summed E-state index contributed by atoms with van der Waals surface area (Å²) in [6.45, 7) is 0. The molecule has 20 heavy (non-hydrogen) atoms. The fourth-order valence-electron chi connectivity index (χ4n) is 2.24. The lowest BCUT2D eigenvalue weighted by Gasteiger charge is -2.04. The van der Waals surface area contributed by atoms with Gasteiger partial charge in [-0.15, -0.1) is 0 Å². The SMILES string of the molecule is Bc1ccc2ncc(-c3ccc(C(=O)NC)cc3)n2c1. The maximum absolute atomic E-state index is 11.5. The number of imidazole rings is 1. The molecule has 0 spiro atoms. The normalized spacial score (nSPS) is 10.7. The first kappa shape index (κ1) is 12.5. The number of hydrogen-bond donors (Lipinski definition) is 1. The van der Waals surface area contributed by atoms with E-state index in [0.29, 0.717) is 5.56 Å². The number of nitrogens with one attached hydrogen (secondary N) is 1. The zero-order chi connectivity index (χ0) is 14.1. The first-order chi connectivity index (χ1) is 9.69. The molecule has 3 rings (SSSR count). The lowest BCUT2D eigenvalue weighted by Crippen LogP contribution is -2.17. The summed E-state index contributed by atoms with van der Waals surface area (Å²) in [6.07, 6.45) is 3.91. The van der Waals surface area contributed by atoms with E-state index in [2.05, 4.69) is 28.7 Å². The summed E-state index contributed by atoms with van der Waals surface area (Å²) in [7, 11) is 3.68. The quantitative estimate of drug-likeness (QED) is 0.689. The van der Waals surface area contributed by atoms with Crippen molar-refractivity contribution in [2.24, 2.45) is 0 Å². The van der Waals surface area contributed by atoms with E-state index in [1.54, 1.807) is 7.05 Å². The molecule has 0 saturated carbocycles. The second-order valence-corrected chi connectivity index (χ2v) is 4.73. The first-order valence-corrected chi connectivity index (χ1v) is 6.45. The summed E-state index contributed by atoms with van der Waals surface area (Å²) < 4.78 is 2.06. The number of aromatic nitrogens is 2. The van der Waals surface area contributed by atoms with Gasteiger partial charge in [-0.1, -0.05) is 23.7 Å². The van der Waals surface area contributed by atoms with Crippen LogP contribution in [-0.2, 0) is 0 Å². The summed E-state index contributed by atoms with van der Waals surface area (Å²) in [6, 6.07) is 11.6. The Bertz CT molecular complexity index is 777. The number of carbonyl (C=O) groups excluding carboxylic acids is 1. The average Bonchev–Trinajstić information content (AvgIpc) is 2.89. The van der Waals surface area contributed by atoms with Crippen molar-refractivity contribution < 1.29 is 4.79 Å². The van der Waals surface area contributed by atoms with E-state index in [9.17, 15) is 4.79 Å². The smallest absolute Gasteiger partial charge is 0.251 e. The van der Waals surface area contributed by atoms with E-state index in [1.165, 1.54) is 5.46 Å². The highest BCUT2D eigenvalue weighted by atomic mass is 16.1. The number of nitrogens with zero attached hydrogens (tertiary/aromatic N) is 2. The van der Waals surface area contributed by atoms with E-state index >= 15 is 0 Å². The van der Waals surface area contributed by atoms with Crippen LogP contribution in [0.15, 0.2) is 48.8 Å². The van der Waals surface area contributed by atoms with Crippen molar-refractivity contribution in [3.63, 3.8) is 0 Å². The Morgan fingerprint density at radius 2 is 1.95 bits per heavy atom.